The lowest BCUT2D eigenvalue weighted by molar-refractivity contribution is 0.289. The molecule has 1 saturated carbocycles. The van der Waals surface area contributed by atoms with Gasteiger partial charge < -0.3 is 10.2 Å². The van der Waals surface area contributed by atoms with Crippen molar-refractivity contribution in [2.45, 2.75) is 50.4 Å². The third-order valence-corrected chi connectivity index (χ3v) is 6.47. The normalized spacial score (nSPS) is 29.1. The van der Waals surface area contributed by atoms with Gasteiger partial charge in [0.15, 0.2) is 0 Å². The molecule has 112 valence electrons. The van der Waals surface area contributed by atoms with Crippen LogP contribution in [0.2, 0.25) is 0 Å². The lowest BCUT2D eigenvalue weighted by atomic mass is 10.3. The summed E-state index contributed by atoms with van der Waals surface area (Å²) in [5.74, 6) is 0. The SMILES string of the molecule is CC1CN(C)CCCN1S(=O)(=O)C(C)CNC1CC1. The maximum atomic E-state index is 12.7. The van der Waals surface area contributed by atoms with Crippen LogP contribution in [-0.2, 0) is 10.0 Å². The Morgan fingerprint density at radius 2 is 2.00 bits per heavy atom. The Labute approximate surface area is 117 Å². The van der Waals surface area contributed by atoms with E-state index in [4.69, 9.17) is 0 Å². The van der Waals surface area contributed by atoms with Crippen molar-refractivity contribution in [3.8, 4) is 0 Å². The molecule has 0 aromatic rings. The van der Waals surface area contributed by atoms with Crippen LogP contribution in [0.25, 0.3) is 0 Å². The van der Waals surface area contributed by atoms with E-state index >= 15 is 0 Å². The van der Waals surface area contributed by atoms with E-state index < -0.39 is 10.0 Å². The molecule has 1 N–H and O–H groups in total. The van der Waals surface area contributed by atoms with E-state index in [1.54, 1.807) is 4.31 Å². The molecule has 19 heavy (non-hydrogen) atoms. The number of sulfonamides is 1. The summed E-state index contributed by atoms with van der Waals surface area (Å²) >= 11 is 0. The van der Waals surface area contributed by atoms with Crippen molar-refractivity contribution in [2.24, 2.45) is 0 Å². The first-order chi connectivity index (χ1) is 8.91. The molecule has 5 nitrogen and oxygen atoms in total. The summed E-state index contributed by atoms with van der Waals surface area (Å²) in [5, 5.41) is 2.99. The highest BCUT2D eigenvalue weighted by Gasteiger charge is 2.34. The number of hydrogen-bond donors (Lipinski definition) is 1. The molecule has 1 saturated heterocycles. The molecule has 0 radical (unpaired) electrons. The van der Waals surface area contributed by atoms with Gasteiger partial charge in [-0.15, -0.1) is 0 Å². The zero-order valence-electron chi connectivity index (χ0n) is 12.3. The summed E-state index contributed by atoms with van der Waals surface area (Å²) < 4.78 is 27.0. The summed E-state index contributed by atoms with van der Waals surface area (Å²) in [6.07, 6.45) is 3.30. The van der Waals surface area contributed by atoms with Crippen LogP contribution in [0.1, 0.15) is 33.1 Å². The van der Waals surface area contributed by atoms with Crippen LogP contribution in [0.15, 0.2) is 0 Å². The van der Waals surface area contributed by atoms with Crippen molar-refractivity contribution < 1.29 is 8.42 Å². The molecule has 2 rings (SSSR count). The van der Waals surface area contributed by atoms with Crippen LogP contribution in [0, 0.1) is 0 Å². The summed E-state index contributed by atoms with van der Waals surface area (Å²) in [6, 6.07) is 0.631. The molecule has 0 aromatic heterocycles. The van der Waals surface area contributed by atoms with Crippen LogP contribution < -0.4 is 5.32 Å². The van der Waals surface area contributed by atoms with Crippen LogP contribution in [0.5, 0.6) is 0 Å². The number of hydrogen-bond acceptors (Lipinski definition) is 4. The summed E-state index contributed by atoms with van der Waals surface area (Å²) in [7, 11) is -1.12. The van der Waals surface area contributed by atoms with Crippen molar-refractivity contribution in [1.29, 1.82) is 0 Å². The second kappa shape index (κ2) is 6.08. The van der Waals surface area contributed by atoms with Crippen LogP contribution in [-0.4, -0.2) is 68.2 Å². The predicted molar refractivity (Wildman–Crippen MR) is 77.7 cm³/mol. The van der Waals surface area contributed by atoms with Gasteiger partial charge in [-0.05, 0) is 46.7 Å². The topological polar surface area (TPSA) is 52.7 Å². The average Bonchev–Trinajstić information content (AvgIpc) is 3.14. The van der Waals surface area contributed by atoms with Crippen molar-refractivity contribution in [3.05, 3.63) is 0 Å². The van der Waals surface area contributed by atoms with Gasteiger partial charge in [0.1, 0.15) is 0 Å². The van der Waals surface area contributed by atoms with Gasteiger partial charge in [-0.3, -0.25) is 0 Å². The molecule has 0 amide bonds. The van der Waals surface area contributed by atoms with Gasteiger partial charge >= 0.3 is 0 Å². The first-order valence-corrected chi connectivity index (χ1v) is 8.84. The Kier molecular flexibility index (Phi) is 4.87. The molecule has 1 aliphatic carbocycles. The fourth-order valence-corrected chi connectivity index (χ4v) is 4.41. The van der Waals surface area contributed by atoms with Crippen LogP contribution in [0.3, 0.4) is 0 Å². The molecule has 2 fully saturated rings. The standard InChI is InChI=1S/C13H27N3O2S/c1-11-10-15(3)7-4-8-16(11)19(17,18)12(2)9-14-13-5-6-13/h11-14H,4-10H2,1-3H3. The Hall–Kier alpha value is -0.170. The lowest BCUT2D eigenvalue weighted by Gasteiger charge is -2.30. The van der Waals surface area contributed by atoms with E-state index in [-0.39, 0.29) is 11.3 Å². The monoisotopic (exact) mass is 289 g/mol. The Morgan fingerprint density at radius 1 is 1.32 bits per heavy atom. The van der Waals surface area contributed by atoms with Gasteiger partial charge in [0, 0.05) is 31.7 Å². The maximum Gasteiger partial charge on any atom is 0.218 e. The maximum absolute atomic E-state index is 12.7. The van der Waals surface area contributed by atoms with Crippen molar-refractivity contribution in [1.82, 2.24) is 14.5 Å². The summed E-state index contributed by atoms with van der Waals surface area (Å²) in [5.41, 5.74) is 0. The molecular formula is C13H27N3O2S. The molecule has 2 unspecified atom stereocenters. The second-order valence-electron chi connectivity index (χ2n) is 6.11. The zero-order valence-corrected chi connectivity index (χ0v) is 13.1. The first kappa shape index (κ1) is 15.2. The van der Waals surface area contributed by atoms with E-state index in [0.29, 0.717) is 19.1 Å². The van der Waals surface area contributed by atoms with E-state index in [1.165, 1.54) is 12.8 Å². The molecule has 2 aliphatic rings. The van der Waals surface area contributed by atoms with E-state index in [2.05, 4.69) is 17.3 Å². The summed E-state index contributed by atoms with van der Waals surface area (Å²) in [4.78, 5) is 2.22. The summed E-state index contributed by atoms with van der Waals surface area (Å²) in [6.45, 7) is 6.87. The van der Waals surface area contributed by atoms with Crippen LogP contribution >= 0.6 is 0 Å². The average molecular weight is 289 g/mol. The van der Waals surface area contributed by atoms with Gasteiger partial charge in [-0.1, -0.05) is 0 Å². The smallest absolute Gasteiger partial charge is 0.218 e. The first-order valence-electron chi connectivity index (χ1n) is 7.34. The molecular weight excluding hydrogens is 262 g/mol. The Balaban J connectivity index is 1.99. The van der Waals surface area contributed by atoms with E-state index in [0.717, 1.165) is 19.5 Å². The largest absolute Gasteiger partial charge is 0.313 e. The van der Waals surface area contributed by atoms with Gasteiger partial charge in [-0.25, -0.2) is 8.42 Å². The van der Waals surface area contributed by atoms with Gasteiger partial charge in [0.25, 0.3) is 0 Å². The highest BCUT2D eigenvalue weighted by molar-refractivity contribution is 7.89. The molecule has 0 spiro atoms. The fraction of sp³-hybridized carbons (Fsp3) is 1.00. The van der Waals surface area contributed by atoms with Crippen molar-refractivity contribution in [2.75, 3.05) is 33.2 Å². The molecule has 1 aliphatic heterocycles. The Bertz CT molecular complexity index is 395. The predicted octanol–water partition coefficient (Wildman–Crippen LogP) is 0.483. The number of nitrogens with one attached hydrogen (secondary N) is 1. The lowest BCUT2D eigenvalue weighted by Crippen LogP contribution is -2.48. The third kappa shape index (κ3) is 3.90. The minimum absolute atomic E-state index is 0.0703. The van der Waals surface area contributed by atoms with Gasteiger partial charge in [-0.2, -0.15) is 4.31 Å². The van der Waals surface area contributed by atoms with Crippen molar-refractivity contribution >= 4 is 10.0 Å². The number of nitrogens with zero attached hydrogens (tertiary/aromatic N) is 2. The van der Waals surface area contributed by atoms with E-state index in [1.807, 2.05) is 13.8 Å². The van der Waals surface area contributed by atoms with Gasteiger partial charge in [0.05, 0.1) is 5.25 Å². The van der Waals surface area contributed by atoms with E-state index in [9.17, 15) is 8.42 Å². The molecule has 2 atom stereocenters. The quantitative estimate of drug-likeness (QED) is 0.800. The zero-order chi connectivity index (χ0) is 14.0. The van der Waals surface area contributed by atoms with Crippen molar-refractivity contribution in [3.63, 3.8) is 0 Å². The van der Waals surface area contributed by atoms with Gasteiger partial charge in [0.2, 0.25) is 10.0 Å². The highest BCUT2D eigenvalue weighted by Crippen LogP contribution is 2.20. The minimum Gasteiger partial charge on any atom is -0.313 e. The van der Waals surface area contributed by atoms with Crippen LogP contribution in [0.4, 0.5) is 0 Å². The fourth-order valence-electron chi connectivity index (χ4n) is 2.68. The Morgan fingerprint density at radius 3 is 2.63 bits per heavy atom. The minimum atomic E-state index is -3.18. The second-order valence-corrected chi connectivity index (χ2v) is 8.42. The number of likely N-dealkylation sites (N-methyl/N-ethyl adjacent to an activating group) is 1. The highest BCUT2D eigenvalue weighted by atomic mass is 32.2. The molecule has 0 aromatic carbocycles. The number of rotatable bonds is 5. The third-order valence-electron chi connectivity index (χ3n) is 4.09. The molecule has 1 heterocycles. The molecule has 6 heteroatoms. The molecule has 0 bridgehead atoms.